The Morgan fingerprint density at radius 1 is 1.37 bits per heavy atom. The second-order valence-electron chi connectivity index (χ2n) is 5.71. The van der Waals surface area contributed by atoms with E-state index in [0.29, 0.717) is 18.0 Å². The first-order valence-electron chi connectivity index (χ1n) is 6.94. The highest BCUT2D eigenvalue weighted by Gasteiger charge is 2.40. The third-order valence-corrected chi connectivity index (χ3v) is 5.56. The maximum Gasteiger partial charge on any atom is 0.268 e. The standard InChI is InChI=1S/C14H20BrN3O/c1-9-13(10-5-7-18(9)8-6-10)16-14(19)11-3-4-12(15)17(11)2/h3-4,9-10,13H,5-8H2,1-2H3,(H,16,19)/t9-,13-/m0/s1. The molecule has 19 heavy (non-hydrogen) atoms. The van der Waals surface area contributed by atoms with Gasteiger partial charge in [0.25, 0.3) is 5.91 Å². The monoisotopic (exact) mass is 325 g/mol. The normalized spacial score (nSPS) is 33.4. The lowest BCUT2D eigenvalue weighted by molar-refractivity contribution is 0.0215. The summed E-state index contributed by atoms with van der Waals surface area (Å²) in [5.41, 5.74) is 0.718. The van der Waals surface area contributed by atoms with Crippen LogP contribution in [-0.2, 0) is 7.05 Å². The van der Waals surface area contributed by atoms with E-state index in [1.165, 1.54) is 25.9 Å². The summed E-state index contributed by atoms with van der Waals surface area (Å²) in [6, 6.07) is 4.53. The number of rotatable bonds is 2. The molecule has 0 spiro atoms. The van der Waals surface area contributed by atoms with Crippen LogP contribution in [0.5, 0.6) is 0 Å². The number of hydrogen-bond donors (Lipinski definition) is 1. The summed E-state index contributed by atoms with van der Waals surface area (Å²) >= 11 is 3.43. The average Bonchev–Trinajstić information content (AvgIpc) is 2.75. The molecular weight excluding hydrogens is 306 g/mol. The molecule has 1 N–H and O–H groups in total. The van der Waals surface area contributed by atoms with Crippen molar-refractivity contribution in [1.82, 2.24) is 14.8 Å². The summed E-state index contributed by atoms with van der Waals surface area (Å²) in [7, 11) is 1.90. The Balaban J connectivity index is 1.74. The van der Waals surface area contributed by atoms with Gasteiger partial charge in [-0.05, 0) is 66.8 Å². The number of carbonyl (C=O) groups excluding carboxylic acids is 1. The van der Waals surface area contributed by atoms with Crippen LogP contribution in [0.15, 0.2) is 16.7 Å². The van der Waals surface area contributed by atoms with Gasteiger partial charge in [0.05, 0.1) is 4.60 Å². The maximum atomic E-state index is 12.4. The Hall–Kier alpha value is -0.810. The van der Waals surface area contributed by atoms with Crippen molar-refractivity contribution in [2.75, 3.05) is 13.1 Å². The third-order valence-electron chi connectivity index (χ3n) is 4.77. The number of piperidine rings is 3. The minimum atomic E-state index is 0.0406. The number of fused-ring (bicyclic) bond motifs is 3. The smallest absolute Gasteiger partial charge is 0.268 e. The van der Waals surface area contributed by atoms with E-state index < -0.39 is 0 Å². The predicted octanol–water partition coefficient (Wildman–Crippen LogP) is 2.00. The lowest BCUT2D eigenvalue weighted by atomic mass is 9.79. The lowest BCUT2D eigenvalue weighted by Crippen LogP contribution is -2.62. The largest absolute Gasteiger partial charge is 0.346 e. The SMILES string of the molecule is C[C@H]1[C@H](NC(=O)c2ccc(Br)n2C)C2CCN1CC2. The van der Waals surface area contributed by atoms with Gasteiger partial charge in [0, 0.05) is 19.1 Å². The van der Waals surface area contributed by atoms with Crippen molar-refractivity contribution in [2.24, 2.45) is 13.0 Å². The number of nitrogens with one attached hydrogen (secondary N) is 1. The first-order chi connectivity index (χ1) is 9.08. The quantitative estimate of drug-likeness (QED) is 0.903. The Bertz CT molecular complexity index is 489. The van der Waals surface area contributed by atoms with Crippen LogP contribution >= 0.6 is 15.9 Å². The Labute approximate surface area is 122 Å². The molecule has 4 heterocycles. The zero-order chi connectivity index (χ0) is 13.6. The van der Waals surface area contributed by atoms with E-state index in [9.17, 15) is 4.79 Å². The van der Waals surface area contributed by atoms with E-state index in [0.717, 1.165) is 10.3 Å². The van der Waals surface area contributed by atoms with E-state index in [-0.39, 0.29) is 5.91 Å². The van der Waals surface area contributed by atoms with Gasteiger partial charge in [-0.3, -0.25) is 9.69 Å². The number of halogens is 1. The van der Waals surface area contributed by atoms with Crippen LogP contribution in [0.4, 0.5) is 0 Å². The zero-order valence-corrected chi connectivity index (χ0v) is 13.0. The van der Waals surface area contributed by atoms with Crippen LogP contribution in [-0.4, -0.2) is 40.5 Å². The molecule has 4 rings (SSSR count). The first-order valence-corrected chi connectivity index (χ1v) is 7.73. The topological polar surface area (TPSA) is 37.3 Å². The minimum Gasteiger partial charge on any atom is -0.346 e. The summed E-state index contributed by atoms with van der Waals surface area (Å²) in [6.07, 6.45) is 2.43. The van der Waals surface area contributed by atoms with Crippen molar-refractivity contribution in [3.63, 3.8) is 0 Å². The second kappa shape index (κ2) is 4.94. The van der Waals surface area contributed by atoms with Gasteiger partial charge < -0.3 is 9.88 Å². The predicted molar refractivity (Wildman–Crippen MR) is 78.1 cm³/mol. The lowest BCUT2D eigenvalue weighted by Gasteiger charge is -2.49. The number of carbonyl (C=O) groups is 1. The van der Waals surface area contributed by atoms with Crippen molar-refractivity contribution in [2.45, 2.75) is 31.8 Å². The summed E-state index contributed by atoms with van der Waals surface area (Å²) in [5, 5.41) is 3.25. The molecule has 0 radical (unpaired) electrons. The molecule has 3 saturated heterocycles. The highest BCUT2D eigenvalue weighted by Crippen LogP contribution is 2.32. The highest BCUT2D eigenvalue weighted by molar-refractivity contribution is 9.10. The number of hydrogen-bond acceptors (Lipinski definition) is 2. The molecular formula is C14H20BrN3O. The molecule has 0 saturated carbocycles. The van der Waals surface area contributed by atoms with E-state index >= 15 is 0 Å². The Morgan fingerprint density at radius 3 is 2.58 bits per heavy atom. The molecule has 1 aromatic rings. The van der Waals surface area contributed by atoms with Crippen molar-refractivity contribution >= 4 is 21.8 Å². The molecule has 104 valence electrons. The summed E-state index contributed by atoms with van der Waals surface area (Å²) in [4.78, 5) is 14.9. The summed E-state index contributed by atoms with van der Waals surface area (Å²) < 4.78 is 2.81. The molecule has 3 aliphatic rings. The Morgan fingerprint density at radius 2 is 2.05 bits per heavy atom. The molecule has 2 bridgehead atoms. The van der Waals surface area contributed by atoms with Crippen LogP contribution < -0.4 is 5.32 Å². The van der Waals surface area contributed by atoms with Crippen LogP contribution in [0.2, 0.25) is 0 Å². The second-order valence-corrected chi connectivity index (χ2v) is 6.53. The fourth-order valence-electron chi connectivity index (χ4n) is 3.48. The zero-order valence-electron chi connectivity index (χ0n) is 11.4. The van der Waals surface area contributed by atoms with Gasteiger partial charge in [0.15, 0.2) is 0 Å². The van der Waals surface area contributed by atoms with Gasteiger partial charge >= 0.3 is 0 Å². The fourth-order valence-corrected chi connectivity index (χ4v) is 3.81. The molecule has 0 aromatic carbocycles. The van der Waals surface area contributed by atoms with E-state index in [1.54, 1.807) is 0 Å². The van der Waals surface area contributed by atoms with Gasteiger partial charge in [-0.1, -0.05) is 0 Å². The molecule has 2 atom stereocenters. The first kappa shape index (κ1) is 13.2. The molecule has 1 aromatic heterocycles. The number of aromatic nitrogens is 1. The van der Waals surface area contributed by atoms with E-state index in [1.807, 2.05) is 23.7 Å². The number of amides is 1. The van der Waals surface area contributed by atoms with Gasteiger partial charge in [0.1, 0.15) is 5.69 Å². The maximum absolute atomic E-state index is 12.4. The van der Waals surface area contributed by atoms with Gasteiger partial charge in [-0.25, -0.2) is 0 Å². The van der Waals surface area contributed by atoms with E-state index in [2.05, 4.69) is 33.1 Å². The molecule has 3 fully saturated rings. The van der Waals surface area contributed by atoms with E-state index in [4.69, 9.17) is 0 Å². The molecule has 3 aliphatic heterocycles. The minimum absolute atomic E-state index is 0.0406. The van der Waals surface area contributed by atoms with Gasteiger partial charge in [0.2, 0.25) is 0 Å². The van der Waals surface area contributed by atoms with Crippen LogP contribution in [0.25, 0.3) is 0 Å². The van der Waals surface area contributed by atoms with Crippen molar-refractivity contribution in [1.29, 1.82) is 0 Å². The molecule has 5 heteroatoms. The van der Waals surface area contributed by atoms with Crippen molar-refractivity contribution in [3.05, 3.63) is 22.4 Å². The van der Waals surface area contributed by atoms with Crippen molar-refractivity contribution in [3.8, 4) is 0 Å². The molecule has 4 nitrogen and oxygen atoms in total. The molecule has 1 amide bonds. The summed E-state index contributed by atoms with van der Waals surface area (Å²) in [6.45, 7) is 4.61. The number of nitrogens with zero attached hydrogens (tertiary/aromatic N) is 2. The average molecular weight is 326 g/mol. The fraction of sp³-hybridized carbons (Fsp3) is 0.643. The van der Waals surface area contributed by atoms with Crippen LogP contribution in [0.3, 0.4) is 0 Å². The van der Waals surface area contributed by atoms with Crippen LogP contribution in [0, 0.1) is 5.92 Å². The van der Waals surface area contributed by atoms with Gasteiger partial charge in [-0.2, -0.15) is 0 Å². The summed E-state index contributed by atoms with van der Waals surface area (Å²) in [5.74, 6) is 0.687. The van der Waals surface area contributed by atoms with Crippen LogP contribution in [0.1, 0.15) is 30.3 Å². The highest BCUT2D eigenvalue weighted by atomic mass is 79.9. The molecule has 0 unspecified atom stereocenters. The van der Waals surface area contributed by atoms with Crippen molar-refractivity contribution < 1.29 is 4.79 Å². The molecule has 0 aliphatic carbocycles. The Kier molecular flexibility index (Phi) is 3.43. The third kappa shape index (κ3) is 2.23. The van der Waals surface area contributed by atoms with Gasteiger partial charge in [-0.15, -0.1) is 0 Å².